The van der Waals surface area contributed by atoms with E-state index in [2.05, 4.69) is 26.0 Å². The highest BCUT2D eigenvalue weighted by atomic mass is 19.1. The minimum Gasteiger partial charge on any atom is -0.298 e. The van der Waals surface area contributed by atoms with Gasteiger partial charge in [0.25, 0.3) is 0 Å². The van der Waals surface area contributed by atoms with E-state index < -0.39 is 0 Å². The Labute approximate surface area is 113 Å². The maximum atomic E-state index is 13.1. The first-order valence-corrected chi connectivity index (χ1v) is 6.44. The summed E-state index contributed by atoms with van der Waals surface area (Å²) < 4.78 is 13.1. The van der Waals surface area contributed by atoms with E-state index in [4.69, 9.17) is 0 Å². The Morgan fingerprint density at radius 2 is 1.79 bits per heavy atom. The van der Waals surface area contributed by atoms with Crippen molar-refractivity contribution in [3.63, 3.8) is 0 Å². The van der Waals surface area contributed by atoms with Gasteiger partial charge in [-0.1, -0.05) is 44.2 Å². The first kappa shape index (κ1) is 13.5. The Morgan fingerprint density at radius 1 is 1.11 bits per heavy atom. The molecule has 0 bridgehead atoms. The van der Waals surface area contributed by atoms with Gasteiger partial charge in [-0.2, -0.15) is 0 Å². The molecule has 0 spiro atoms. The summed E-state index contributed by atoms with van der Waals surface area (Å²) in [5.41, 5.74) is 3.37. The van der Waals surface area contributed by atoms with Gasteiger partial charge in [0.15, 0.2) is 6.29 Å². The normalized spacial score (nSPS) is 10.7. The van der Waals surface area contributed by atoms with Crippen LogP contribution in [0.15, 0.2) is 42.5 Å². The van der Waals surface area contributed by atoms with Crippen molar-refractivity contribution in [2.24, 2.45) is 5.92 Å². The van der Waals surface area contributed by atoms with Crippen LogP contribution in [-0.2, 0) is 6.42 Å². The molecule has 0 fully saturated rings. The van der Waals surface area contributed by atoms with Crippen LogP contribution in [0.25, 0.3) is 11.1 Å². The Balaban J connectivity index is 2.34. The minimum atomic E-state index is -0.387. The third-order valence-electron chi connectivity index (χ3n) is 3.05. The first-order valence-electron chi connectivity index (χ1n) is 6.44. The number of rotatable bonds is 4. The van der Waals surface area contributed by atoms with Crippen molar-refractivity contribution >= 4 is 6.29 Å². The van der Waals surface area contributed by atoms with E-state index in [1.165, 1.54) is 17.7 Å². The maximum absolute atomic E-state index is 13.1. The average molecular weight is 256 g/mol. The second-order valence-corrected chi connectivity index (χ2v) is 5.14. The number of halogens is 1. The van der Waals surface area contributed by atoms with Crippen LogP contribution >= 0.6 is 0 Å². The quantitative estimate of drug-likeness (QED) is 0.736. The molecule has 0 aromatic heterocycles. The molecule has 2 aromatic rings. The molecule has 0 heterocycles. The molecular formula is C17H17FO. The monoisotopic (exact) mass is 256 g/mol. The zero-order valence-electron chi connectivity index (χ0n) is 11.2. The van der Waals surface area contributed by atoms with Crippen molar-refractivity contribution in [3.05, 3.63) is 59.4 Å². The molecule has 0 aliphatic heterocycles. The van der Waals surface area contributed by atoms with E-state index >= 15 is 0 Å². The lowest BCUT2D eigenvalue weighted by molar-refractivity contribution is 0.112. The van der Waals surface area contributed by atoms with Crippen LogP contribution in [0.2, 0.25) is 0 Å². The van der Waals surface area contributed by atoms with E-state index in [1.54, 1.807) is 6.07 Å². The van der Waals surface area contributed by atoms with Crippen molar-refractivity contribution in [1.29, 1.82) is 0 Å². The van der Waals surface area contributed by atoms with E-state index in [-0.39, 0.29) is 5.82 Å². The molecule has 1 nitrogen and oxygen atoms in total. The van der Waals surface area contributed by atoms with Crippen LogP contribution < -0.4 is 0 Å². The van der Waals surface area contributed by atoms with Crippen LogP contribution in [0.1, 0.15) is 29.8 Å². The topological polar surface area (TPSA) is 17.1 Å². The Morgan fingerprint density at radius 3 is 2.37 bits per heavy atom. The largest absolute Gasteiger partial charge is 0.298 e. The molecule has 0 saturated heterocycles. The van der Waals surface area contributed by atoms with Gasteiger partial charge in [-0.05, 0) is 41.2 Å². The summed E-state index contributed by atoms with van der Waals surface area (Å²) in [5.74, 6) is 0.226. The van der Waals surface area contributed by atoms with Crippen LogP contribution in [0.5, 0.6) is 0 Å². The Hall–Kier alpha value is -1.96. The SMILES string of the molecule is CC(C)Cc1ccc(-c2ccc(F)cc2C=O)cc1. The number of carbonyl (C=O) groups excluding carboxylic acids is 1. The number of carbonyl (C=O) groups is 1. The zero-order chi connectivity index (χ0) is 13.8. The van der Waals surface area contributed by atoms with E-state index in [9.17, 15) is 9.18 Å². The molecule has 0 amide bonds. The van der Waals surface area contributed by atoms with Crippen molar-refractivity contribution in [2.75, 3.05) is 0 Å². The summed E-state index contributed by atoms with van der Waals surface area (Å²) in [6.45, 7) is 4.36. The molecule has 2 aromatic carbocycles. The smallest absolute Gasteiger partial charge is 0.150 e. The molecule has 2 rings (SSSR count). The van der Waals surface area contributed by atoms with Crippen LogP contribution in [0.4, 0.5) is 4.39 Å². The van der Waals surface area contributed by atoms with Crippen LogP contribution in [-0.4, -0.2) is 6.29 Å². The second-order valence-electron chi connectivity index (χ2n) is 5.14. The van der Waals surface area contributed by atoms with Crippen molar-refractivity contribution in [2.45, 2.75) is 20.3 Å². The summed E-state index contributed by atoms with van der Waals surface area (Å²) in [6, 6.07) is 12.4. The summed E-state index contributed by atoms with van der Waals surface area (Å²) in [6.07, 6.45) is 1.73. The molecule has 98 valence electrons. The van der Waals surface area contributed by atoms with Crippen LogP contribution in [0.3, 0.4) is 0 Å². The molecule has 0 unspecified atom stereocenters. The highest BCUT2D eigenvalue weighted by Crippen LogP contribution is 2.24. The van der Waals surface area contributed by atoms with Gasteiger partial charge >= 0.3 is 0 Å². The van der Waals surface area contributed by atoms with E-state index in [0.717, 1.165) is 17.5 Å². The predicted molar refractivity (Wildman–Crippen MR) is 75.8 cm³/mol. The summed E-state index contributed by atoms with van der Waals surface area (Å²) in [5, 5.41) is 0. The number of hydrogen-bond acceptors (Lipinski definition) is 1. The third kappa shape index (κ3) is 3.28. The van der Waals surface area contributed by atoms with E-state index in [0.29, 0.717) is 17.8 Å². The molecule has 0 radical (unpaired) electrons. The first-order chi connectivity index (χ1) is 9.10. The van der Waals surface area contributed by atoms with Crippen LogP contribution in [0, 0.1) is 11.7 Å². The second kappa shape index (κ2) is 5.79. The molecule has 0 aliphatic rings. The molecule has 2 heteroatoms. The molecule has 19 heavy (non-hydrogen) atoms. The number of hydrogen-bond donors (Lipinski definition) is 0. The fourth-order valence-corrected chi connectivity index (χ4v) is 2.19. The van der Waals surface area contributed by atoms with Crippen molar-refractivity contribution in [1.82, 2.24) is 0 Å². The number of benzene rings is 2. The molecular weight excluding hydrogens is 239 g/mol. The fourth-order valence-electron chi connectivity index (χ4n) is 2.19. The molecule has 0 atom stereocenters. The van der Waals surface area contributed by atoms with Gasteiger partial charge < -0.3 is 0 Å². The summed E-state index contributed by atoms with van der Waals surface area (Å²) >= 11 is 0. The zero-order valence-corrected chi connectivity index (χ0v) is 11.2. The van der Waals surface area contributed by atoms with Gasteiger partial charge in [-0.15, -0.1) is 0 Å². The van der Waals surface area contributed by atoms with Gasteiger partial charge in [0.2, 0.25) is 0 Å². The third-order valence-corrected chi connectivity index (χ3v) is 3.05. The standard InChI is InChI=1S/C17H17FO/c1-12(2)9-13-3-5-14(6-4-13)17-8-7-16(18)10-15(17)11-19/h3-8,10-12H,9H2,1-2H3. The van der Waals surface area contributed by atoms with Gasteiger partial charge in [-0.3, -0.25) is 4.79 Å². The Kier molecular flexibility index (Phi) is 4.10. The molecule has 0 aliphatic carbocycles. The highest BCUT2D eigenvalue weighted by molar-refractivity contribution is 5.87. The van der Waals surface area contributed by atoms with Gasteiger partial charge in [0.05, 0.1) is 0 Å². The minimum absolute atomic E-state index is 0.386. The predicted octanol–water partition coefficient (Wildman–Crippen LogP) is 4.50. The lowest BCUT2D eigenvalue weighted by Crippen LogP contribution is -1.94. The molecule has 0 N–H and O–H groups in total. The van der Waals surface area contributed by atoms with Crippen molar-refractivity contribution in [3.8, 4) is 11.1 Å². The lowest BCUT2D eigenvalue weighted by atomic mass is 9.97. The van der Waals surface area contributed by atoms with E-state index in [1.807, 2.05) is 12.1 Å². The number of aldehydes is 1. The average Bonchev–Trinajstić information content (AvgIpc) is 2.39. The summed E-state index contributed by atoms with van der Waals surface area (Å²) in [7, 11) is 0. The summed E-state index contributed by atoms with van der Waals surface area (Å²) in [4.78, 5) is 11.0. The lowest BCUT2D eigenvalue weighted by Gasteiger charge is -2.08. The van der Waals surface area contributed by atoms with Crippen molar-refractivity contribution < 1.29 is 9.18 Å². The molecule has 0 saturated carbocycles. The fraction of sp³-hybridized carbons (Fsp3) is 0.235. The van der Waals surface area contributed by atoms with Gasteiger partial charge in [0.1, 0.15) is 5.82 Å². The Bertz CT molecular complexity index is 570. The highest BCUT2D eigenvalue weighted by Gasteiger charge is 2.06. The van der Waals surface area contributed by atoms with Gasteiger partial charge in [-0.25, -0.2) is 4.39 Å². The maximum Gasteiger partial charge on any atom is 0.150 e. The van der Waals surface area contributed by atoms with Gasteiger partial charge in [0, 0.05) is 5.56 Å².